The highest BCUT2D eigenvalue weighted by Crippen LogP contribution is 2.37. The van der Waals surface area contributed by atoms with E-state index in [1.54, 1.807) is 4.90 Å². The zero-order valence-corrected chi connectivity index (χ0v) is 10.5. The van der Waals surface area contributed by atoms with Crippen LogP contribution in [0.1, 0.15) is 13.3 Å². The molecule has 16 heavy (non-hydrogen) atoms. The number of nitrogens with one attached hydrogen (secondary N) is 1. The molecule has 2 atom stereocenters. The van der Waals surface area contributed by atoms with E-state index in [4.69, 9.17) is 11.6 Å². The third kappa shape index (κ3) is 2.72. The summed E-state index contributed by atoms with van der Waals surface area (Å²) < 4.78 is 0. The summed E-state index contributed by atoms with van der Waals surface area (Å²) in [4.78, 5) is 14.1. The maximum Gasteiger partial charge on any atom is 0.230 e. The minimum atomic E-state index is 0.227. The summed E-state index contributed by atoms with van der Waals surface area (Å²) in [5.41, 5.74) is 0. The molecule has 88 valence electrons. The molecular weight excluding hydrogens is 226 g/mol. The van der Waals surface area contributed by atoms with Crippen LogP contribution in [0.4, 0.5) is 11.9 Å². The fraction of sp³-hybridized carbons (Fsp3) is 0.700. The number of aromatic nitrogens is 3. The highest BCUT2D eigenvalue weighted by Gasteiger charge is 2.32. The SMILES string of the molecule is CC1CC1CNc1nc(Cl)nc(N(C)C)n1. The summed E-state index contributed by atoms with van der Waals surface area (Å²) in [6, 6.07) is 0. The molecule has 0 spiro atoms. The van der Waals surface area contributed by atoms with Crippen LogP contribution in [0.15, 0.2) is 0 Å². The molecule has 1 aromatic heterocycles. The first-order valence-electron chi connectivity index (χ1n) is 5.39. The minimum Gasteiger partial charge on any atom is -0.354 e. The topological polar surface area (TPSA) is 53.9 Å². The van der Waals surface area contributed by atoms with Crippen molar-refractivity contribution in [1.82, 2.24) is 15.0 Å². The molecule has 1 aliphatic rings. The Balaban J connectivity index is 2.02. The zero-order chi connectivity index (χ0) is 11.7. The van der Waals surface area contributed by atoms with Crippen LogP contribution in [0.2, 0.25) is 5.28 Å². The normalized spacial score (nSPS) is 23.0. The average Bonchev–Trinajstić information content (AvgIpc) is 2.91. The van der Waals surface area contributed by atoms with Crippen LogP contribution < -0.4 is 10.2 Å². The van der Waals surface area contributed by atoms with Gasteiger partial charge in [0.15, 0.2) is 0 Å². The molecule has 0 aromatic carbocycles. The Morgan fingerprint density at radius 1 is 1.38 bits per heavy atom. The lowest BCUT2D eigenvalue weighted by Gasteiger charge is -2.11. The lowest BCUT2D eigenvalue weighted by atomic mass is 10.3. The van der Waals surface area contributed by atoms with Gasteiger partial charge in [-0.25, -0.2) is 0 Å². The first kappa shape index (κ1) is 11.4. The molecule has 0 aliphatic heterocycles. The van der Waals surface area contributed by atoms with Gasteiger partial charge in [0.05, 0.1) is 0 Å². The van der Waals surface area contributed by atoms with Crippen molar-refractivity contribution in [3.05, 3.63) is 5.28 Å². The smallest absolute Gasteiger partial charge is 0.230 e. The first-order chi connectivity index (χ1) is 7.56. The van der Waals surface area contributed by atoms with Gasteiger partial charge in [-0.15, -0.1) is 0 Å². The van der Waals surface area contributed by atoms with Gasteiger partial charge in [-0.3, -0.25) is 0 Å². The number of hydrogen-bond acceptors (Lipinski definition) is 5. The van der Waals surface area contributed by atoms with Crippen molar-refractivity contribution in [1.29, 1.82) is 0 Å². The number of halogens is 1. The van der Waals surface area contributed by atoms with Gasteiger partial charge < -0.3 is 10.2 Å². The van der Waals surface area contributed by atoms with E-state index in [1.807, 2.05) is 14.1 Å². The molecule has 1 saturated carbocycles. The maximum atomic E-state index is 5.82. The average molecular weight is 242 g/mol. The number of anilines is 2. The molecular formula is C10H16ClN5. The predicted octanol–water partition coefficient (Wildman–Crippen LogP) is 1.66. The molecule has 0 bridgehead atoms. The maximum absolute atomic E-state index is 5.82. The molecule has 0 radical (unpaired) electrons. The third-order valence-electron chi connectivity index (χ3n) is 2.79. The van der Waals surface area contributed by atoms with Crippen molar-refractivity contribution in [2.75, 3.05) is 30.9 Å². The molecule has 6 heteroatoms. The summed E-state index contributed by atoms with van der Waals surface area (Å²) in [6.45, 7) is 3.16. The number of hydrogen-bond donors (Lipinski definition) is 1. The van der Waals surface area contributed by atoms with E-state index in [0.717, 1.165) is 18.4 Å². The molecule has 1 heterocycles. The van der Waals surface area contributed by atoms with Gasteiger partial charge >= 0.3 is 0 Å². The monoisotopic (exact) mass is 241 g/mol. The molecule has 1 aliphatic carbocycles. The summed E-state index contributed by atoms with van der Waals surface area (Å²) in [5.74, 6) is 2.70. The van der Waals surface area contributed by atoms with Crippen LogP contribution in [0.25, 0.3) is 0 Å². The van der Waals surface area contributed by atoms with E-state index < -0.39 is 0 Å². The summed E-state index contributed by atoms with van der Waals surface area (Å²) in [7, 11) is 3.75. The van der Waals surface area contributed by atoms with E-state index in [0.29, 0.717) is 11.9 Å². The van der Waals surface area contributed by atoms with Crippen molar-refractivity contribution < 1.29 is 0 Å². The van der Waals surface area contributed by atoms with Crippen LogP contribution in [-0.2, 0) is 0 Å². The van der Waals surface area contributed by atoms with Gasteiger partial charge in [0, 0.05) is 20.6 Å². The standard InChI is InChI=1S/C10H16ClN5/c1-6-4-7(6)5-12-9-13-8(11)14-10(15-9)16(2)3/h6-7H,4-5H2,1-3H3,(H,12,13,14,15). The summed E-state index contributed by atoms with van der Waals surface area (Å²) in [6.07, 6.45) is 1.28. The molecule has 0 amide bonds. The van der Waals surface area contributed by atoms with Crippen molar-refractivity contribution in [2.45, 2.75) is 13.3 Å². The van der Waals surface area contributed by atoms with Gasteiger partial charge in [-0.2, -0.15) is 15.0 Å². The Morgan fingerprint density at radius 2 is 2.06 bits per heavy atom. The van der Waals surface area contributed by atoms with E-state index in [1.165, 1.54) is 6.42 Å². The Labute approximate surface area is 100 Å². The quantitative estimate of drug-likeness (QED) is 0.869. The lowest BCUT2D eigenvalue weighted by molar-refractivity contribution is 0.778. The lowest BCUT2D eigenvalue weighted by Crippen LogP contribution is -2.16. The highest BCUT2D eigenvalue weighted by atomic mass is 35.5. The Kier molecular flexibility index (Phi) is 3.14. The molecule has 5 nitrogen and oxygen atoms in total. The molecule has 2 rings (SSSR count). The van der Waals surface area contributed by atoms with E-state index in [2.05, 4.69) is 27.2 Å². The number of nitrogens with zero attached hydrogens (tertiary/aromatic N) is 4. The van der Waals surface area contributed by atoms with Crippen LogP contribution in [0.3, 0.4) is 0 Å². The molecule has 1 fully saturated rings. The van der Waals surface area contributed by atoms with E-state index in [-0.39, 0.29) is 5.28 Å². The molecule has 0 saturated heterocycles. The van der Waals surface area contributed by atoms with Crippen molar-refractivity contribution in [3.8, 4) is 0 Å². The Hall–Kier alpha value is -1.10. The van der Waals surface area contributed by atoms with Gasteiger partial charge in [0.1, 0.15) is 0 Å². The van der Waals surface area contributed by atoms with Crippen molar-refractivity contribution in [3.63, 3.8) is 0 Å². The first-order valence-corrected chi connectivity index (χ1v) is 5.77. The summed E-state index contributed by atoms with van der Waals surface area (Å²) >= 11 is 5.82. The second-order valence-corrected chi connectivity index (χ2v) is 4.81. The minimum absolute atomic E-state index is 0.227. The van der Waals surface area contributed by atoms with E-state index in [9.17, 15) is 0 Å². The second-order valence-electron chi connectivity index (χ2n) is 4.48. The van der Waals surface area contributed by atoms with Gasteiger partial charge in [-0.1, -0.05) is 6.92 Å². The number of rotatable bonds is 4. The fourth-order valence-electron chi connectivity index (χ4n) is 1.52. The van der Waals surface area contributed by atoms with Crippen LogP contribution in [0, 0.1) is 11.8 Å². The van der Waals surface area contributed by atoms with Gasteiger partial charge in [-0.05, 0) is 29.9 Å². The highest BCUT2D eigenvalue weighted by molar-refractivity contribution is 6.28. The molecule has 1 aromatic rings. The van der Waals surface area contributed by atoms with Crippen LogP contribution in [0.5, 0.6) is 0 Å². The van der Waals surface area contributed by atoms with Crippen molar-refractivity contribution >= 4 is 23.5 Å². The van der Waals surface area contributed by atoms with E-state index >= 15 is 0 Å². The van der Waals surface area contributed by atoms with Gasteiger partial charge in [0.2, 0.25) is 17.2 Å². The molecule has 1 N–H and O–H groups in total. The largest absolute Gasteiger partial charge is 0.354 e. The van der Waals surface area contributed by atoms with Crippen LogP contribution in [-0.4, -0.2) is 35.6 Å². The predicted molar refractivity (Wildman–Crippen MR) is 64.9 cm³/mol. The fourth-order valence-corrected chi connectivity index (χ4v) is 1.68. The summed E-state index contributed by atoms with van der Waals surface area (Å²) in [5, 5.41) is 3.43. The Bertz CT molecular complexity index is 381. The van der Waals surface area contributed by atoms with Crippen LogP contribution >= 0.6 is 11.6 Å². The van der Waals surface area contributed by atoms with Gasteiger partial charge in [0.25, 0.3) is 0 Å². The second kappa shape index (κ2) is 4.41. The third-order valence-corrected chi connectivity index (χ3v) is 2.96. The van der Waals surface area contributed by atoms with Crippen molar-refractivity contribution in [2.24, 2.45) is 11.8 Å². The Morgan fingerprint density at radius 3 is 2.62 bits per heavy atom. The molecule has 2 unspecified atom stereocenters. The zero-order valence-electron chi connectivity index (χ0n) is 9.74.